The number of methoxy groups -OCH3 is 1. The van der Waals surface area contributed by atoms with Crippen molar-refractivity contribution in [3.63, 3.8) is 0 Å². The molecule has 1 atom stereocenters. The van der Waals surface area contributed by atoms with E-state index in [2.05, 4.69) is 0 Å². The molecule has 0 aliphatic heterocycles. The van der Waals surface area contributed by atoms with Crippen molar-refractivity contribution in [2.45, 2.75) is 5.92 Å². The third-order valence-electron chi connectivity index (χ3n) is 2.97. The van der Waals surface area contributed by atoms with E-state index in [0.717, 1.165) is 5.56 Å². The molecule has 0 saturated heterocycles. The molecule has 2 aromatic rings. The van der Waals surface area contributed by atoms with Crippen molar-refractivity contribution < 1.29 is 19.4 Å². The maximum atomic E-state index is 11.9. The standard InChI is InChI=1S/C16H15ClO4/c1-20-16(19)15(11-4-2-5-12(17)8-11)10-21-14-7-3-6-13(18)9-14/h2-9,15,18H,10H2,1H3. The fraction of sp³-hybridized carbons (Fsp3) is 0.188. The average molecular weight is 307 g/mol. The summed E-state index contributed by atoms with van der Waals surface area (Å²) in [5.74, 6) is -0.413. The monoisotopic (exact) mass is 306 g/mol. The molecule has 1 N–H and O–H groups in total. The summed E-state index contributed by atoms with van der Waals surface area (Å²) in [6.45, 7) is 0.0937. The van der Waals surface area contributed by atoms with Crippen molar-refractivity contribution in [3.8, 4) is 11.5 Å². The SMILES string of the molecule is COC(=O)C(COc1cccc(O)c1)c1cccc(Cl)c1. The van der Waals surface area contributed by atoms with Crippen LogP contribution in [0.25, 0.3) is 0 Å². The molecule has 5 heteroatoms. The molecule has 110 valence electrons. The van der Waals surface area contributed by atoms with Gasteiger partial charge in [-0.3, -0.25) is 4.79 Å². The predicted octanol–water partition coefficient (Wildman–Crippen LogP) is 3.38. The summed E-state index contributed by atoms with van der Waals surface area (Å²) >= 11 is 5.95. The van der Waals surface area contributed by atoms with Crippen LogP contribution >= 0.6 is 11.6 Å². The fourth-order valence-corrected chi connectivity index (χ4v) is 2.12. The summed E-state index contributed by atoms with van der Waals surface area (Å²) in [4.78, 5) is 11.9. The zero-order valence-corrected chi connectivity index (χ0v) is 12.2. The molecule has 0 fully saturated rings. The smallest absolute Gasteiger partial charge is 0.316 e. The van der Waals surface area contributed by atoms with E-state index in [1.165, 1.54) is 13.2 Å². The van der Waals surface area contributed by atoms with E-state index in [1.54, 1.807) is 42.5 Å². The molecule has 0 amide bonds. The van der Waals surface area contributed by atoms with Gasteiger partial charge in [-0.2, -0.15) is 0 Å². The second kappa shape index (κ2) is 6.99. The fourth-order valence-electron chi connectivity index (χ4n) is 1.92. The molecule has 0 radical (unpaired) electrons. The van der Waals surface area contributed by atoms with Crippen LogP contribution in [-0.4, -0.2) is 24.8 Å². The minimum atomic E-state index is -0.587. The van der Waals surface area contributed by atoms with Gasteiger partial charge in [0.15, 0.2) is 0 Å². The van der Waals surface area contributed by atoms with Gasteiger partial charge in [0.05, 0.1) is 7.11 Å². The minimum Gasteiger partial charge on any atom is -0.508 e. The number of esters is 1. The first kappa shape index (κ1) is 15.2. The van der Waals surface area contributed by atoms with E-state index in [1.807, 2.05) is 0 Å². The predicted molar refractivity (Wildman–Crippen MR) is 79.8 cm³/mol. The summed E-state index contributed by atoms with van der Waals surface area (Å²) in [5.41, 5.74) is 0.717. The lowest BCUT2D eigenvalue weighted by Crippen LogP contribution is -2.21. The number of hydrogen-bond acceptors (Lipinski definition) is 4. The van der Waals surface area contributed by atoms with E-state index in [-0.39, 0.29) is 12.4 Å². The van der Waals surface area contributed by atoms with Gasteiger partial charge < -0.3 is 14.6 Å². The molecule has 0 heterocycles. The second-order valence-corrected chi connectivity index (χ2v) is 4.88. The summed E-state index contributed by atoms with van der Waals surface area (Å²) in [7, 11) is 1.33. The number of halogens is 1. The molecule has 0 spiro atoms. The highest BCUT2D eigenvalue weighted by Crippen LogP contribution is 2.24. The van der Waals surface area contributed by atoms with Crippen molar-refractivity contribution in [2.75, 3.05) is 13.7 Å². The summed E-state index contributed by atoms with van der Waals surface area (Å²) < 4.78 is 10.4. The Kier molecular flexibility index (Phi) is 5.06. The van der Waals surface area contributed by atoms with Gasteiger partial charge in [-0.05, 0) is 29.8 Å². The van der Waals surface area contributed by atoms with Gasteiger partial charge >= 0.3 is 5.97 Å². The highest BCUT2D eigenvalue weighted by Gasteiger charge is 2.22. The average Bonchev–Trinajstić information content (AvgIpc) is 2.47. The normalized spacial score (nSPS) is 11.7. The molecule has 0 saturated carbocycles. The molecule has 21 heavy (non-hydrogen) atoms. The molecule has 0 bridgehead atoms. The van der Waals surface area contributed by atoms with Crippen LogP contribution in [0.2, 0.25) is 5.02 Å². The Labute approximate surface area is 127 Å². The zero-order chi connectivity index (χ0) is 15.2. The summed E-state index contributed by atoms with van der Waals surface area (Å²) in [6.07, 6.45) is 0. The van der Waals surface area contributed by atoms with Gasteiger partial charge in [-0.25, -0.2) is 0 Å². The topological polar surface area (TPSA) is 55.8 Å². The Morgan fingerprint density at radius 1 is 1.24 bits per heavy atom. The van der Waals surface area contributed by atoms with Crippen LogP contribution < -0.4 is 4.74 Å². The van der Waals surface area contributed by atoms with Gasteiger partial charge in [0.25, 0.3) is 0 Å². The highest BCUT2D eigenvalue weighted by molar-refractivity contribution is 6.30. The molecular weight excluding hydrogens is 292 g/mol. The van der Waals surface area contributed by atoms with Crippen molar-refractivity contribution in [1.29, 1.82) is 0 Å². The lowest BCUT2D eigenvalue weighted by atomic mass is 10.0. The maximum Gasteiger partial charge on any atom is 0.316 e. The second-order valence-electron chi connectivity index (χ2n) is 4.44. The van der Waals surface area contributed by atoms with Crippen LogP contribution in [0.4, 0.5) is 0 Å². The van der Waals surface area contributed by atoms with Crippen molar-refractivity contribution in [2.24, 2.45) is 0 Å². The molecule has 0 aliphatic carbocycles. The molecule has 1 unspecified atom stereocenters. The van der Waals surface area contributed by atoms with Crippen LogP contribution in [0.1, 0.15) is 11.5 Å². The Morgan fingerprint density at radius 2 is 2.00 bits per heavy atom. The summed E-state index contributed by atoms with van der Waals surface area (Å²) in [6, 6.07) is 13.4. The number of aromatic hydroxyl groups is 1. The highest BCUT2D eigenvalue weighted by atomic mass is 35.5. The molecule has 2 rings (SSSR count). The molecular formula is C16H15ClO4. The lowest BCUT2D eigenvalue weighted by Gasteiger charge is -2.16. The van der Waals surface area contributed by atoms with Crippen molar-refractivity contribution in [1.82, 2.24) is 0 Å². The Balaban J connectivity index is 2.16. The molecule has 4 nitrogen and oxygen atoms in total. The molecule has 0 aromatic heterocycles. The minimum absolute atomic E-state index is 0.0937. The van der Waals surface area contributed by atoms with E-state index >= 15 is 0 Å². The quantitative estimate of drug-likeness (QED) is 0.860. The number of carbonyl (C=O) groups is 1. The Morgan fingerprint density at radius 3 is 2.67 bits per heavy atom. The first-order valence-electron chi connectivity index (χ1n) is 6.35. The van der Waals surface area contributed by atoms with E-state index in [4.69, 9.17) is 21.1 Å². The number of phenolic OH excluding ortho intramolecular Hbond substituents is 1. The van der Waals surface area contributed by atoms with Crippen LogP contribution in [0.5, 0.6) is 11.5 Å². The van der Waals surface area contributed by atoms with Gasteiger partial charge in [-0.1, -0.05) is 29.8 Å². The van der Waals surface area contributed by atoms with Gasteiger partial charge in [0.2, 0.25) is 0 Å². The number of carbonyl (C=O) groups excluding carboxylic acids is 1. The lowest BCUT2D eigenvalue weighted by molar-refractivity contribution is -0.143. The van der Waals surface area contributed by atoms with Crippen molar-refractivity contribution in [3.05, 3.63) is 59.1 Å². The van der Waals surface area contributed by atoms with E-state index in [0.29, 0.717) is 10.8 Å². The van der Waals surface area contributed by atoms with Crippen LogP contribution in [0.3, 0.4) is 0 Å². The number of benzene rings is 2. The first-order chi connectivity index (χ1) is 10.1. The van der Waals surface area contributed by atoms with Crippen LogP contribution in [0.15, 0.2) is 48.5 Å². The van der Waals surface area contributed by atoms with Crippen LogP contribution in [-0.2, 0) is 9.53 Å². The third kappa shape index (κ3) is 4.13. The zero-order valence-electron chi connectivity index (χ0n) is 11.5. The summed E-state index contributed by atoms with van der Waals surface area (Å²) in [5, 5.41) is 9.94. The maximum absolute atomic E-state index is 11.9. The number of rotatable bonds is 5. The number of ether oxygens (including phenoxy) is 2. The Hall–Kier alpha value is -2.20. The van der Waals surface area contributed by atoms with Crippen molar-refractivity contribution >= 4 is 17.6 Å². The molecule has 2 aromatic carbocycles. The van der Waals surface area contributed by atoms with Crippen LogP contribution in [0, 0.1) is 0 Å². The Bertz CT molecular complexity index is 627. The van der Waals surface area contributed by atoms with E-state index < -0.39 is 11.9 Å². The van der Waals surface area contributed by atoms with Gasteiger partial charge in [0, 0.05) is 11.1 Å². The number of hydrogen-bond donors (Lipinski definition) is 1. The largest absolute Gasteiger partial charge is 0.508 e. The third-order valence-corrected chi connectivity index (χ3v) is 3.21. The number of phenols is 1. The molecule has 0 aliphatic rings. The van der Waals surface area contributed by atoms with Gasteiger partial charge in [0.1, 0.15) is 24.0 Å². The first-order valence-corrected chi connectivity index (χ1v) is 6.73. The van der Waals surface area contributed by atoms with E-state index in [9.17, 15) is 9.90 Å². The van der Waals surface area contributed by atoms with Gasteiger partial charge in [-0.15, -0.1) is 0 Å².